The number of benzene rings is 9. The topological polar surface area (TPSA) is 13.1 Å². The monoisotopic (exact) mass is 646 g/mol. The van der Waals surface area contributed by atoms with Gasteiger partial charge in [0.2, 0.25) is 0 Å². The molecule has 0 spiro atoms. The third-order valence-electron chi connectivity index (χ3n) is 8.41. The highest BCUT2D eigenvalue weighted by atomic mass is 16.3. The van der Waals surface area contributed by atoms with Gasteiger partial charge in [-0.1, -0.05) is 163 Å². The van der Waals surface area contributed by atoms with E-state index in [4.69, 9.17) is 29.1 Å². The van der Waals surface area contributed by atoms with E-state index in [-0.39, 0.29) is 54.6 Å². The van der Waals surface area contributed by atoms with E-state index < -0.39 is 189 Å². The summed E-state index contributed by atoms with van der Waals surface area (Å²) in [5.41, 5.74) is -3.20. The summed E-state index contributed by atoms with van der Waals surface area (Å²) in [5.74, 6) is 0. The van der Waals surface area contributed by atoms with E-state index in [2.05, 4.69) is 0 Å². The van der Waals surface area contributed by atoms with Gasteiger partial charge < -0.3 is 4.42 Å². The Kier molecular flexibility index (Phi) is 2.91. The Hall–Kier alpha value is -6.44. The van der Waals surface area contributed by atoms with Crippen LogP contribution in [0.2, 0.25) is 0 Å². The van der Waals surface area contributed by atoms with Crippen LogP contribution in [0.1, 0.15) is 32.9 Å². The SMILES string of the molecule is [2H]c1c([2H])c([2H])c(-c2c([2H])c([2H])c3oc4c([2H])c([2H])c([2H])c(-c5ccc(-c6c7c([2H])c([2H])c([2H])c([2H])c7c(-c7c([2H])c([2H])c([2H])c([2H])c7[2H])c7c([2H])c([2H])c([2H])c([2H])c67)c6ccccc56)c4c3c2[2H])c([2H])c1[2H]. The van der Waals surface area contributed by atoms with Crippen molar-refractivity contribution < 1.29 is 37.3 Å². The number of fused-ring (bicyclic) bond motifs is 6. The third kappa shape index (κ3) is 4.33. The maximum atomic E-state index is 9.55. The molecule has 0 saturated heterocycles. The van der Waals surface area contributed by atoms with Crippen molar-refractivity contribution in [3.8, 4) is 44.5 Å². The highest BCUT2D eigenvalue weighted by Gasteiger charge is 2.20. The molecule has 0 bridgehead atoms. The molecule has 0 fully saturated rings. The molecule has 228 valence electrons. The number of rotatable bonds is 4. The first-order valence-corrected chi connectivity index (χ1v) is 14.9. The molecule has 10 rings (SSSR count). The van der Waals surface area contributed by atoms with Crippen LogP contribution in [0.5, 0.6) is 0 Å². The fourth-order valence-corrected chi connectivity index (χ4v) is 6.41. The molecule has 0 aliphatic rings. The average Bonchev–Trinajstić information content (AvgIpc) is 3.78. The van der Waals surface area contributed by atoms with E-state index in [0.717, 1.165) is 0 Å². The van der Waals surface area contributed by atoms with Gasteiger partial charge in [-0.25, -0.2) is 0 Å². The van der Waals surface area contributed by atoms with Gasteiger partial charge in [0.25, 0.3) is 0 Å². The highest BCUT2D eigenvalue weighted by molar-refractivity contribution is 6.25. The second-order valence-electron chi connectivity index (χ2n) is 11.0. The quantitative estimate of drug-likeness (QED) is 0.173. The molecule has 10 aromatic rings. The minimum atomic E-state index is -0.825. The van der Waals surface area contributed by atoms with Gasteiger partial charge in [-0.05, 0) is 95.0 Å². The summed E-state index contributed by atoms with van der Waals surface area (Å²) in [6.45, 7) is 0. The van der Waals surface area contributed by atoms with Gasteiger partial charge in [0.1, 0.15) is 11.2 Å². The van der Waals surface area contributed by atoms with E-state index in [9.17, 15) is 8.22 Å². The lowest BCUT2D eigenvalue weighted by Gasteiger charge is -2.19. The molecule has 0 radical (unpaired) electrons. The smallest absolute Gasteiger partial charge is 0.136 e. The first-order chi connectivity index (χ1) is 34.3. The Morgan fingerprint density at radius 1 is 0.347 bits per heavy atom. The van der Waals surface area contributed by atoms with Crippen molar-refractivity contribution in [2.24, 2.45) is 0 Å². The van der Waals surface area contributed by atoms with Crippen molar-refractivity contribution in [1.29, 1.82) is 0 Å². The largest absolute Gasteiger partial charge is 0.456 e. The molecule has 49 heavy (non-hydrogen) atoms. The van der Waals surface area contributed by atoms with Crippen LogP contribution in [0.3, 0.4) is 0 Å². The van der Waals surface area contributed by atoms with E-state index >= 15 is 0 Å². The summed E-state index contributed by atoms with van der Waals surface area (Å²) >= 11 is 0. The molecule has 1 nitrogen and oxygen atoms in total. The zero-order valence-corrected chi connectivity index (χ0v) is 24.9. The van der Waals surface area contributed by atoms with Crippen LogP contribution in [0, 0.1) is 0 Å². The Morgan fingerprint density at radius 3 is 1.59 bits per heavy atom. The zero-order valence-electron chi connectivity index (χ0n) is 48.9. The summed E-state index contributed by atoms with van der Waals surface area (Å²) < 4.78 is 219. The molecule has 0 aliphatic carbocycles. The zero-order chi connectivity index (χ0) is 53.2. The number of furan rings is 1. The maximum absolute atomic E-state index is 9.55. The molecule has 0 N–H and O–H groups in total. The summed E-state index contributed by atoms with van der Waals surface area (Å²) in [5, 5.41) is -1.66. The van der Waals surface area contributed by atoms with Gasteiger partial charge in [-0.15, -0.1) is 0 Å². The Balaban J connectivity index is 1.41. The molecule has 0 amide bonds. The average molecular weight is 647 g/mol. The van der Waals surface area contributed by atoms with Crippen LogP contribution in [-0.4, -0.2) is 0 Å². The molecule has 1 aromatic heterocycles. The van der Waals surface area contributed by atoms with Crippen molar-refractivity contribution in [2.45, 2.75) is 0 Å². The molecule has 0 atom stereocenters. The molecular formula is C48H30O. The van der Waals surface area contributed by atoms with Crippen LogP contribution < -0.4 is 0 Å². The number of hydrogen-bond acceptors (Lipinski definition) is 1. The van der Waals surface area contributed by atoms with Crippen molar-refractivity contribution in [3.05, 3.63) is 181 Å². The highest BCUT2D eigenvalue weighted by Crippen LogP contribution is 2.47. The second-order valence-corrected chi connectivity index (χ2v) is 11.0. The normalized spacial score (nSPS) is 18.5. The molecule has 9 aromatic carbocycles. The molecule has 1 heterocycles. The second kappa shape index (κ2) is 11.1. The van der Waals surface area contributed by atoms with Crippen molar-refractivity contribution in [2.75, 3.05) is 0 Å². The van der Waals surface area contributed by atoms with E-state index in [0.29, 0.717) is 0 Å². The van der Waals surface area contributed by atoms with Gasteiger partial charge in [-0.2, -0.15) is 0 Å². The van der Waals surface area contributed by atoms with E-state index in [1.807, 2.05) is 0 Å². The van der Waals surface area contributed by atoms with Gasteiger partial charge in [0.15, 0.2) is 0 Å². The van der Waals surface area contributed by atoms with E-state index in [1.54, 1.807) is 24.3 Å². The summed E-state index contributed by atoms with van der Waals surface area (Å²) in [6.07, 6.45) is 0. The van der Waals surface area contributed by atoms with Crippen LogP contribution in [-0.2, 0) is 0 Å². The Labute approximate surface area is 318 Å². The minimum Gasteiger partial charge on any atom is -0.456 e. The molecule has 0 saturated carbocycles. The lowest BCUT2D eigenvalue weighted by Crippen LogP contribution is -1.92. The fraction of sp³-hybridized carbons (Fsp3) is 0. The van der Waals surface area contributed by atoms with Gasteiger partial charge in [0, 0.05) is 10.8 Å². The van der Waals surface area contributed by atoms with Crippen LogP contribution in [0.4, 0.5) is 0 Å². The van der Waals surface area contributed by atoms with Gasteiger partial charge >= 0.3 is 0 Å². The Morgan fingerprint density at radius 2 is 0.918 bits per heavy atom. The maximum Gasteiger partial charge on any atom is 0.136 e. The van der Waals surface area contributed by atoms with Crippen molar-refractivity contribution in [3.63, 3.8) is 0 Å². The molecule has 0 unspecified atom stereocenters. The lowest BCUT2D eigenvalue weighted by molar-refractivity contribution is 0.669. The Bertz CT molecular complexity index is 4120. The minimum absolute atomic E-state index is 0.0667. The predicted molar refractivity (Wildman–Crippen MR) is 208 cm³/mol. The molecule has 0 aliphatic heterocycles. The first-order valence-electron chi connectivity index (χ1n) is 26.9. The van der Waals surface area contributed by atoms with Crippen LogP contribution in [0.15, 0.2) is 186 Å². The van der Waals surface area contributed by atoms with E-state index in [1.165, 1.54) is 12.1 Å². The first kappa shape index (κ1) is 12.9. The number of hydrogen-bond donors (Lipinski definition) is 0. The molecule has 1 heteroatoms. The van der Waals surface area contributed by atoms with Crippen molar-refractivity contribution in [1.82, 2.24) is 0 Å². The standard InChI is InChI=1S/C48H30O/c1-3-14-31(15-4-1)33-26-29-44-43(30-33)48-37(24-13-25-45(48)49-44)36-27-28-42(35-19-8-7-18-34(35)36)47-40-22-11-9-20-38(40)46(32-16-5-2-6-17-32)39-21-10-12-23-41(39)47/h1-30H/i1D,2D,3D,4D,5D,6D,9D,10D,11D,12D,13D,14D,15D,16D,17D,20D,21D,22D,23D,24D,25D,26D,29D,30D. The van der Waals surface area contributed by atoms with Crippen LogP contribution >= 0.6 is 0 Å². The third-order valence-corrected chi connectivity index (χ3v) is 8.41. The van der Waals surface area contributed by atoms with Crippen LogP contribution in [0.25, 0.3) is 98.8 Å². The fourth-order valence-electron chi connectivity index (χ4n) is 6.41. The summed E-state index contributed by atoms with van der Waals surface area (Å²) in [4.78, 5) is 0. The van der Waals surface area contributed by atoms with Gasteiger partial charge in [-0.3, -0.25) is 0 Å². The lowest BCUT2D eigenvalue weighted by atomic mass is 9.83. The van der Waals surface area contributed by atoms with Gasteiger partial charge in [0.05, 0.1) is 32.9 Å². The predicted octanol–water partition coefficient (Wildman–Crippen LogP) is 13.7. The van der Waals surface area contributed by atoms with Crippen molar-refractivity contribution >= 4 is 54.3 Å². The molecular weight excluding hydrogens is 593 g/mol. The summed E-state index contributed by atoms with van der Waals surface area (Å²) in [6, 6.07) is -8.95. The summed E-state index contributed by atoms with van der Waals surface area (Å²) in [7, 11) is 0.